The minimum Gasteiger partial charge on any atom is -0.297 e. The molecule has 3 heteroatoms. The number of H-pyrrole nitrogens is 1. The van der Waals surface area contributed by atoms with Crippen molar-refractivity contribution in [2.45, 2.75) is 39.3 Å². The number of aromatic amines is 1. The third-order valence-electron chi connectivity index (χ3n) is 2.71. The van der Waals surface area contributed by atoms with Crippen LogP contribution in [0.4, 0.5) is 0 Å². The van der Waals surface area contributed by atoms with Crippen LogP contribution in [0.15, 0.2) is 0 Å². The van der Waals surface area contributed by atoms with Gasteiger partial charge in [0.1, 0.15) is 6.20 Å². The molecule has 71 valence electrons. The van der Waals surface area contributed by atoms with Gasteiger partial charge in [0.15, 0.2) is 0 Å². The third-order valence-corrected chi connectivity index (χ3v) is 2.71. The predicted molar refractivity (Wildman–Crippen MR) is 51.3 cm³/mol. The molecule has 1 aliphatic heterocycles. The van der Waals surface area contributed by atoms with E-state index in [1.807, 2.05) is 0 Å². The van der Waals surface area contributed by atoms with E-state index in [4.69, 9.17) is 0 Å². The van der Waals surface area contributed by atoms with Gasteiger partial charge in [0.05, 0.1) is 0 Å². The van der Waals surface area contributed by atoms with Crippen molar-refractivity contribution in [3.8, 4) is 0 Å². The molecule has 0 saturated heterocycles. The first-order chi connectivity index (χ1) is 6.27. The molecule has 1 aliphatic rings. The summed E-state index contributed by atoms with van der Waals surface area (Å²) in [4.78, 5) is 2.47. The summed E-state index contributed by atoms with van der Waals surface area (Å²) < 4.78 is 0. The second kappa shape index (κ2) is 3.50. The Hall–Kier alpha value is -0.830. The van der Waals surface area contributed by atoms with Crippen molar-refractivity contribution in [1.29, 1.82) is 0 Å². The van der Waals surface area contributed by atoms with Crippen molar-refractivity contribution in [3.63, 3.8) is 0 Å². The molecule has 0 unspecified atom stereocenters. The van der Waals surface area contributed by atoms with Crippen LogP contribution in [0, 0.1) is 6.20 Å². The molecule has 13 heavy (non-hydrogen) atoms. The standard InChI is InChI=1S/C10H16N3/c1-8(2)13-5-3-4-10-9(7-13)6-11-12-10/h8H,3-5,7H2,1-2H3,(H,11,12). The van der Waals surface area contributed by atoms with Gasteiger partial charge >= 0.3 is 0 Å². The van der Waals surface area contributed by atoms with E-state index in [9.17, 15) is 0 Å². The van der Waals surface area contributed by atoms with Crippen LogP contribution in [0.5, 0.6) is 0 Å². The zero-order chi connectivity index (χ0) is 9.26. The first-order valence-electron chi connectivity index (χ1n) is 4.95. The van der Waals surface area contributed by atoms with Crippen LogP contribution in [0.3, 0.4) is 0 Å². The normalized spacial score (nSPS) is 18.7. The molecule has 0 amide bonds. The average Bonchev–Trinajstić information content (AvgIpc) is 2.42. The fourth-order valence-electron chi connectivity index (χ4n) is 1.82. The van der Waals surface area contributed by atoms with E-state index in [1.165, 1.54) is 24.2 Å². The fourth-order valence-corrected chi connectivity index (χ4v) is 1.82. The Labute approximate surface area is 79.1 Å². The maximum absolute atomic E-state index is 3.96. The number of aryl methyl sites for hydroxylation is 1. The number of hydrogen-bond donors (Lipinski definition) is 1. The second-order valence-electron chi connectivity index (χ2n) is 3.96. The van der Waals surface area contributed by atoms with Gasteiger partial charge in [-0.05, 0) is 33.2 Å². The van der Waals surface area contributed by atoms with Crippen LogP contribution in [-0.2, 0) is 13.0 Å². The largest absolute Gasteiger partial charge is 0.297 e. The average molecular weight is 178 g/mol. The lowest BCUT2D eigenvalue weighted by molar-refractivity contribution is 0.216. The molecule has 1 aromatic rings. The van der Waals surface area contributed by atoms with Gasteiger partial charge in [0.25, 0.3) is 0 Å². The van der Waals surface area contributed by atoms with Crippen molar-refractivity contribution in [1.82, 2.24) is 15.1 Å². The molecule has 2 rings (SSSR count). The lowest BCUT2D eigenvalue weighted by Crippen LogP contribution is -2.30. The number of aromatic nitrogens is 2. The zero-order valence-electron chi connectivity index (χ0n) is 8.30. The summed E-state index contributed by atoms with van der Waals surface area (Å²) in [5.41, 5.74) is 2.54. The molecule has 0 aliphatic carbocycles. The quantitative estimate of drug-likeness (QED) is 0.704. The van der Waals surface area contributed by atoms with Gasteiger partial charge in [0.2, 0.25) is 0 Å². The summed E-state index contributed by atoms with van der Waals surface area (Å²) in [6.45, 7) is 6.67. The number of nitrogens with zero attached hydrogens (tertiary/aromatic N) is 2. The van der Waals surface area contributed by atoms with Crippen LogP contribution in [0.1, 0.15) is 31.5 Å². The minimum atomic E-state index is 0.620. The van der Waals surface area contributed by atoms with E-state index in [1.54, 1.807) is 0 Å². The molecule has 0 saturated carbocycles. The van der Waals surface area contributed by atoms with Gasteiger partial charge in [0, 0.05) is 23.8 Å². The van der Waals surface area contributed by atoms with E-state index in [-0.39, 0.29) is 0 Å². The van der Waals surface area contributed by atoms with E-state index >= 15 is 0 Å². The summed E-state index contributed by atoms with van der Waals surface area (Å²) in [6.07, 6.45) is 5.38. The summed E-state index contributed by atoms with van der Waals surface area (Å²) in [5, 5.41) is 6.99. The Kier molecular flexibility index (Phi) is 2.36. The first kappa shape index (κ1) is 8.75. The van der Waals surface area contributed by atoms with Crippen molar-refractivity contribution in [2.75, 3.05) is 6.54 Å². The molecule has 0 spiro atoms. The van der Waals surface area contributed by atoms with Gasteiger partial charge < -0.3 is 0 Å². The third kappa shape index (κ3) is 1.75. The number of rotatable bonds is 1. The molecular weight excluding hydrogens is 162 g/mol. The Morgan fingerprint density at radius 2 is 2.38 bits per heavy atom. The Balaban J connectivity index is 2.17. The smallest absolute Gasteiger partial charge is 0.117 e. The molecule has 2 heterocycles. The lowest BCUT2D eigenvalue weighted by Gasteiger charge is -2.23. The summed E-state index contributed by atoms with van der Waals surface area (Å²) in [5.74, 6) is 0. The van der Waals surface area contributed by atoms with Crippen LogP contribution >= 0.6 is 0 Å². The fraction of sp³-hybridized carbons (Fsp3) is 0.700. The van der Waals surface area contributed by atoms with Gasteiger partial charge in [-0.1, -0.05) is 0 Å². The Bertz CT molecular complexity index is 277. The Morgan fingerprint density at radius 3 is 3.15 bits per heavy atom. The van der Waals surface area contributed by atoms with Crippen molar-refractivity contribution in [2.24, 2.45) is 0 Å². The minimum absolute atomic E-state index is 0.620. The topological polar surface area (TPSA) is 31.9 Å². The molecule has 3 nitrogen and oxygen atoms in total. The molecule has 1 radical (unpaired) electrons. The van der Waals surface area contributed by atoms with E-state index in [0.29, 0.717) is 6.04 Å². The number of fused-ring (bicyclic) bond motifs is 1. The van der Waals surface area contributed by atoms with E-state index < -0.39 is 0 Å². The molecule has 1 aromatic heterocycles. The summed E-state index contributed by atoms with van der Waals surface area (Å²) in [6, 6.07) is 0.620. The van der Waals surface area contributed by atoms with Crippen LogP contribution in [-0.4, -0.2) is 27.7 Å². The molecule has 1 N–H and O–H groups in total. The van der Waals surface area contributed by atoms with Crippen LogP contribution in [0.25, 0.3) is 0 Å². The second-order valence-corrected chi connectivity index (χ2v) is 3.96. The van der Waals surface area contributed by atoms with Crippen molar-refractivity contribution >= 4 is 0 Å². The van der Waals surface area contributed by atoms with Crippen molar-refractivity contribution < 1.29 is 0 Å². The number of hydrogen-bond acceptors (Lipinski definition) is 2. The highest BCUT2D eigenvalue weighted by Crippen LogP contribution is 2.17. The van der Waals surface area contributed by atoms with Crippen molar-refractivity contribution in [3.05, 3.63) is 17.5 Å². The van der Waals surface area contributed by atoms with E-state index in [0.717, 1.165) is 13.0 Å². The predicted octanol–water partition coefficient (Wildman–Crippen LogP) is 1.37. The molecule has 0 aromatic carbocycles. The van der Waals surface area contributed by atoms with E-state index in [2.05, 4.69) is 35.1 Å². The highest BCUT2D eigenvalue weighted by molar-refractivity contribution is 5.16. The highest BCUT2D eigenvalue weighted by Gasteiger charge is 2.17. The highest BCUT2D eigenvalue weighted by atomic mass is 15.2. The molecule has 0 bridgehead atoms. The first-order valence-corrected chi connectivity index (χ1v) is 4.95. The zero-order valence-corrected chi connectivity index (χ0v) is 8.30. The van der Waals surface area contributed by atoms with Crippen LogP contribution in [0.2, 0.25) is 0 Å². The van der Waals surface area contributed by atoms with Gasteiger partial charge in [-0.3, -0.25) is 10.00 Å². The van der Waals surface area contributed by atoms with Crippen LogP contribution < -0.4 is 0 Å². The number of nitrogens with one attached hydrogen (secondary N) is 1. The van der Waals surface area contributed by atoms with Gasteiger partial charge in [-0.25, -0.2) is 0 Å². The maximum Gasteiger partial charge on any atom is 0.117 e. The maximum atomic E-state index is 3.96. The summed E-state index contributed by atoms with van der Waals surface area (Å²) >= 11 is 0. The summed E-state index contributed by atoms with van der Waals surface area (Å²) in [7, 11) is 0. The van der Waals surface area contributed by atoms with Gasteiger partial charge in [-0.15, -0.1) is 0 Å². The lowest BCUT2D eigenvalue weighted by atomic mass is 10.2. The molecule has 0 fully saturated rings. The monoisotopic (exact) mass is 178 g/mol. The molecular formula is C10H16N3. The SMILES string of the molecule is CC(C)N1CCCc2[nH]n[c]c2C1. The molecule has 0 atom stereocenters. The Morgan fingerprint density at radius 1 is 1.54 bits per heavy atom. The van der Waals surface area contributed by atoms with Gasteiger partial charge in [-0.2, -0.15) is 5.10 Å².